The van der Waals surface area contributed by atoms with Gasteiger partial charge in [0.05, 0.1) is 30.1 Å². The van der Waals surface area contributed by atoms with Crippen LogP contribution < -0.4 is 20.1 Å². The van der Waals surface area contributed by atoms with Gasteiger partial charge >= 0.3 is 0 Å². The van der Waals surface area contributed by atoms with Gasteiger partial charge in [-0.15, -0.1) is 0 Å². The number of fused-ring (bicyclic) bond motifs is 2. The molecule has 20 heavy (non-hydrogen) atoms. The Hall–Kier alpha value is -1.62. The molecule has 2 atom stereocenters. The average Bonchev–Trinajstić information content (AvgIpc) is 2.95. The zero-order valence-electron chi connectivity index (χ0n) is 11.5. The molecule has 0 spiro atoms. The first kappa shape index (κ1) is 12.1. The SMILES string of the molecule is Nc1cc2c(cc1N1CCOC3CCCC31)OCCO2. The van der Waals surface area contributed by atoms with Gasteiger partial charge in [0.15, 0.2) is 11.5 Å². The molecule has 4 rings (SSSR count). The van der Waals surface area contributed by atoms with Crippen molar-refractivity contribution in [3.8, 4) is 11.5 Å². The van der Waals surface area contributed by atoms with Gasteiger partial charge < -0.3 is 24.8 Å². The van der Waals surface area contributed by atoms with Crippen molar-refractivity contribution in [3.05, 3.63) is 12.1 Å². The van der Waals surface area contributed by atoms with Gasteiger partial charge in [0, 0.05) is 18.7 Å². The summed E-state index contributed by atoms with van der Waals surface area (Å²) in [7, 11) is 0. The molecule has 2 aliphatic heterocycles. The molecule has 2 N–H and O–H groups in total. The first-order valence-corrected chi connectivity index (χ1v) is 7.40. The quantitative estimate of drug-likeness (QED) is 0.793. The second-order valence-corrected chi connectivity index (χ2v) is 5.66. The summed E-state index contributed by atoms with van der Waals surface area (Å²) in [5.74, 6) is 1.57. The van der Waals surface area contributed by atoms with Crippen molar-refractivity contribution in [1.29, 1.82) is 0 Å². The number of rotatable bonds is 1. The summed E-state index contributed by atoms with van der Waals surface area (Å²) in [6.07, 6.45) is 3.93. The molecule has 2 heterocycles. The van der Waals surface area contributed by atoms with E-state index in [0.29, 0.717) is 25.4 Å². The van der Waals surface area contributed by atoms with Crippen molar-refractivity contribution in [3.63, 3.8) is 0 Å². The summed E-state index contributed by atoms with van der Waals surface area (Å²) >= 11 is 0. The van der Waals surface area contributed by atoms with Crippen molar-refractivity contribution >= 4 is 11.4 Å². The van der Waals surface area contributed by atoms with Crippen molar-refractivity contribution in [2.75, 3.05) is 37.0 Å². The molecule has 3 aliphatic rings. The van der Waals surface area contributed by atoms with Crippen LogP contribution in [0, 0.1) is 0 Å². The van der Waals surface area contributed by atoms with Gasteiger partial charge in [0.2, 0.25) is 0 Å². The maximum Gasteiger partial charge on any atom is 0.163 e. The number of morpholine rings is 1. The van der Waals surface area contributed by atoms with Crippen LogP contribution >= 0.6 is 0 Å². The maximum absolute atomic E-state index is 6.24. The van der Waals surface area contributed by atoms with Crippen LogP contribution in [0.3, 0.4) is 0 Å². The lowest BCUT2D eigenvalue weighted by atomic mass is 10.1. The third kappa shape index (κ3) is 1.88. The minimum atomic E-state index is 0.358. The molecule has 0 aromatic heterocycles. The summed E-state index contributed by atoms with van der Waals surface area (Å²) in [4.78, 5) is 2.40. The molecular weight excluding hydrogens is 256 g/mol. The lowest BCUT2D eigenvalue weighted by Gasteiger charge is -2.40. The molecule has 0 radical (unpaired) electrons. The van der Waals surface area contributed by atoms with Crippen molar-refractivity contribution in [2.45, 2.75) is 31.4 Å². The monoisotopic (exact) mass is 276 g/mol. The predicted molar refractivity (Wildman–Crippen MR) is 76.6 cm³/mol. The molecule has 5 nitrogen and oxygen atoms in total. The number of benzene rings is 1. The van der Waals surface area contributed by atoms with E-state index in [1.807, 2.05) is 12.1 Å². The fraction of sp³-hybridized carbons (Fsp3) is 0.600. The Labute approximate surface area is 118 Å². The van der Waals surface area contributed by atoms with Crippen molar-refractivity contribution in [1.82, 2.24) is 0 Å². The van der Waals surface area contributed by atoms with Gasteiger partial charge in [0.1, 0.15) is 13.2 Å². The Kier molecular flexibility index (Phi) is 2.88. The number of nitrogens with two attached hydrogens (primary N) is 1. The largest absolute Gasteiger partial charge is 0.486 e. The second-order valence-electron chi connectivity index (χ2n) is 5.66. The fourth-order valence-corrected chi connectivity index (χ4v) is 3.57. The van der Waals surface area contributed by atoms with Gasteiger partial charge in [-0.25, -0.2) is 0 Å². The third-order valence-corrected chi connectivity index (χ3v) is 4.48. The van der Waals surface area contributed by atoms with E-state index in [2.05, 4.69) is 4.90 Å². The summed E-state index contributed by atoms with van der Waals surface area (Å²) in [6, 6.07) is 4.38. The van der Waals surface area contributed by atoms with Crippen LogP contribution in [0.25, 0.3) is 0 Å². The van der Waals surface area contributed by atoms with Gasteiger partial charge in [0.25, 0.3) is 0 Å². The number of anilines is 2. The molecule has 1 aromatic rings. The highest BCUT2D eigenvalue weighted by Crippen LogP contribution is 2.42. The number of nitrogen functional groups attached to an aromatic ring is 1. The molecular formula is C15H20N2O3. The van der Waals surface area contributed by atoms with Crippen LogP contribution in [0.2, 0.25) is 0 Å². The van der Waals surface area contributed by atoms with E-state index >= 15 is 0 Å². The Morgan fingerprint density at radius 3 is 2.70 bits per heavy atom. The first-order chi connectivity index (χ1) is 9.83. The first-order valence-electron chi connectivity index (χ1n) is 7.40. The lowest BCUT2D eigenvalue weighted by Crippen LogP contribution is -2.48. The van der Waals surface area contributed by atoms with Gasteiger partial charge in [-0.3, -0.25) is 0 Å². The highest BCUT2D eigenvalue weighted by atomic mass is 16.6. The van der Waals surface area contributed by atoms with Crippen LogP contribution in [0.15, 0.2) is 12.1 Å². The Morgan fingerprint density at radius 1 is 1.05 bits per heavy atom. The van der Waals surface area contributed by atoms with Gasteiger partial charge in [-0.1, -0.05) is 0 Å². The summed E-state index contributed by atoms with van der Waals surface area (Å²) in [5.41, 5.74) is 8.07. The van der Waals surface area contributed by atoms with Crippen molar-refractivity contribution in [2.24, 2.45) is 0 Å². The zero-order valence-corrected chi connectivity index (χ0v) is 11.5. The molecule has 0 bridgehead atoms. The Bertz CT molecular complexity index is 520. The Balaban J connectivity index is 1.70. The minimum Gasteiger partial charge on any atom is -0.486 e. The molecule has 1 saturated carbocycles. The van der Waals surface area contributed by atoms with E-state index in [1.165, 1.54) is 12.8 Å². The maximum atomic E-state index is 6.24. The van der Waals surface area contributed by atoms with Crippen LogP contribution in [0.5, 0.6) is 11.5 Å². The van der Waals surface area contributed by atoms with E-state index in [-0.39, 0.29) is 0 Å². The van der Waals surface area contributed by atoms with Crippen LogP contribution in [-0.2, 0) is 4.74 Å². The molecule has 108 valence electrons. The topological polar surface area (TPSA) is 57.0 Å². The van der Waals surface area contributed by atoms with E-state index in [9.17, 15) is 0 Å². The highest BCUT2D eigenvalue weighted by molar-refractivity contribution is 5.74. The molecule has 5 heteroatoms. The molecule has 1 aliphatic carbocycles. The van der Waals surface area contributed by atoms with Gasteiger partial charge in [-0.2, -0.15) is 0 Å². The smallest absolute Gasteiger partial charge is 0.163 e. The standard InChI is InChI=1S/C15H20N2O3/c16-10-8-14-15(20-7-6-19-14)9-12(10)17-4-5-18-13-3-1-2-11(13)17/h8-9,11,13H,1-7,16H2. The van der Waals surface area contributed by atoms with Crippen LogP contribution in [0.1, 0.15) is 19.3 Å². The average molecular weight is 276 g/mol. The normalized spacial score (nSPS) is 28.3. The molecule has 1 saturated heterocycles. The number of ether oxygens (including phenoxy) is 3. The van der Waals surface area contributed by atoms with Crippen molar-refractivity contribution < 1.29 is 14.2 Å². The third-order valence-electron chi connectivity index (χ3n) is 4.48. The number of hydrogen-bond acceptors (Lipinski definition) is 5. The second kappa shape index (κ2) is 4.74. The Morgan fingerprint density at radius 2 is 1.85 bits per heavy atom. The predicted octanol–water partition coefficient (Wildman–Crippen LogP) is 1.80. The minimum absolute atomic E-state index is 0.358. The molecule has 2 fully saturated rings. The van der Waals surface area contributed by atoms with Crippen LogP contribution in [0.4, 0.5) is 11.4 Å². The van der Waals surface area contributed by atoms with E-state index in [1.54, 1.807) is 0 Å². The number of hydrogen-bond donors (Lipinski definition) is 1. The van der Waals surface area contributed by atoms with Crippen LogP contribution in [-0.4, -0.2) is 38.5 Å². The molecule has 2 unspecified atom stereocenters. The van der Waals surface area contributed by atoms with E-state index in [4.69, 9.17) is 19.9 Å². The van der Waals surface area contributed by atoms with E-state index < -0.39 is 0 Å². The lowest BCUT2D eigenvalue weighted by molar-refractivity contribution is 0.0256. The highest BCUT2D eigenvalue weighted by Gasteiger charge is 2.37. The molecule has 1 aromatic carbocycles. The molecule has 0 amide bonds. The van der Waals surface area contributed by atoms with E-state index in [0.717, 1.165) is 42.4 Å². The number of nitrogens with zero attached hydrogens (tertiary/aromatic N) is 1. The van der Waals surface area contributed by atoms with Gasteiger partial charge in [-0.05, 0) is 19.3 Å². The zero-order chi connectivity index (χ0) is 13.5. The summed E-state index contributed by atoms with van der Waals surface area (Å²) in [5, 5.41) is 0. The fourth-order valence-electron chi connectivity index (χ4n) is 3.57. The summed E-state index contributed by atoms with van der Waals surface area (Å²) in [6.45, 7) is 2.86. The summed E-state index contributed by atoms with van der Waals surface area (Å²) < 4.78 is 17.1.